The number of hydrogen-bond acceptors (Lipinski definition) is 8. The molecule has 1 atom stereocenters. The van der Waals surface area contributed by atoms with Crippen LogP contribution in [0.2, 0.25) is 5.15 Å². The molecule has 0 bridgehead atoms. The van der Waals surface area contributed by atoms with Gasteiger partial charge in [-0.1, -0.05) is 35.9 Å². The van der Waals surface area contributed by atoms with Crippen molar-refractivity contribution in [1.82, 2.24) is 19.8 Å². The highest BCUT2D eigenvalue weighted by Crippen LogP contribution is 2.28. The van der Waals surface area contributed by atoms with Crippen molar-refractivity contribution in [2.45, 2.75) is 51.2 Å². The third-order valence-electron chi connectivity index (χ3n) is 6.49. The van der Waals surface area contributed by atoms with Crippen LogP contribution in [0, 0.1) is 13.8 Å². The van der Waals surface area contributed by atoms with Gasteiger partial charge in [0.25, 0.3) is 15.9 Å². The molecule has 11 nitrogen and oxygen atoms in total. The van der Waals surface area contributed by atoms with Gasteiger partial charge in [-0.05, 0) is 63.9 Å². The van der Waals surface area contributed by atoms with Crippen molar-refractivity contribution in [3.05, 3.63) is 70.4 Å². The molecule has 0 spiro atoms. The Bertz CT molecular complexity index is 1590. The van der Waals surface area contributed by atoms with Crippen LogP contribution >= 0.6 is 11.6 Å². The number of nitrogens with one attached hydrogen (secondary N) is 1. The number of aliphatic hydroxyl groups is 1. The van der Waals surface area contributed by atoms with Crippen LogP contribution in [0.4, 0.5) is 10.7 Å². The monoisotopic (exact) mass is 615 g/mol. The van der Waals surface area contributed by atoms with Gasteiger partial charge in [0.2, 0.25) is 5.95 Å². The summed E-state index contributed by atoms with van der Waals surface area (Å²) in [6.07, 6.45) is -1.59. The summed E-state index contributed by atoms with van der Waals surface area (Å²) in [4.78, 5) is 36.9. The predicted octanol–water partition coefficient (Wildman–Crippen LogP) is 4.27. The van der Waals surface area contributed by atoms with Gasteiger partial charge in [-0.2, -0.15) is 0 Å². The second-order valence-electron chi connectivity index (χ2n) is 11.1. The van der Waals surface area contributed by atoms with E-state index in [1.165, 1.54) is 34.1 Å². The van der Waals surface area contributed by atoms with Gasteiger partial charge in [0.15, 0.2) is 0 Å². The third kappa shape index (κ3) is 7.55. The Morgan fingerprint density at radius 3 is 2.29 bits per heavy atom. The number of rotatable bonds is 5. The minimum absolute atomic E-state index is 0.000681. The lowest BCUT2D eigenvalue weighted by Gasteiger charge is -2.26. The summed E-state index contributed by atoms with van der Waals surface area (Å²) in [6, 6.07) is 12.8. The van der Waals surface area contributed by atoms with E-state index in [1.807, 2.05) is 32.0 Å². The SMILES string of the molecule is Cc1cccc(C)c1-c1cc(Cl)nc(NS(=O)(=O)c2cccc(C(=O)N3CCN(C(=O)OC(C)(C)C)C[C@@H](O)C3)c2)n1. The van der Waals surface area contributed by atoms with Crippen molar-refractivity contribution in [2.24, 2.45) is 0 Å². The van der Waals surface area contributed by atoms with Crippen molar-refractivity contribution in [3.63, 3.8) is 0 Å². The zero-order valence-electron chi connectivity index (χ0n) is 24.1. The summed E-state index contributed by atoms with van der Waals surface area (Å²) >= 11 is 6.23. The fourth-order valence-corrected chi connectivity index (χ4v) is 5.81. The minimum Gasteiger partial charge on any atom is -0.444 e. The fourth-order valence-electron chi connectivity index (χ4n) is 4.64. The minimum atomic E-state index is -4.21. The van der Waals surface area contributed by atoms with Crippen molar-refractivity contribution in [2.75, 3.05) is 30.9 Å². The topological polar surface area (TPSA) is 142 Å². The number of aryl methyl sites for hydroxylation is 2. The van der Waals surface area contributed by atoms with Crippen LogP contribution in [0.3, 0.4) is 0 Å². The molecule has 1 fully saturated rings. The van der Waals surface area contributed by atoms with E-state index >= 15 is 0 Å². The second-order valence-corrected chi connectivity index (χ2v) is 13.2. The van der Waals surface area contributed by atoms with E-state index in [-0.39, 0.29) is 47.7 Å². The van der Waals surface area contributed by atoms with Crippen molar-refractivity contribution >= 4 is 39.6 Å². The zero-order valence-corrected chi connectivity index (χ0v) is 25.7. The average Bonchev–Trinajstić information content (AvgIpc) is 3.08. The number of benzene rings is 2. The molecule has 4 rings (SSSR count). The molecule has 0 saturated carbocycles. The van der Waals surface area contributed by atoms with Crippen LogP contribution < -0.4 is 4.72 Å². The molecule has 42 heavy (non-hydrogen) atoms. The molecule has 3 aromatic rings. The van der Waals surface area contributed by atoms with Gasteiger partial charge in [0.05, 0.1) is 23.2 Å². The number of sulfonamides is 1. The zero-order chi connectivity index (χ0) is 30.8. The lowest BCUT2D eigenvalue weighted by molar-refractivity contribution is 0.0186. The smallest absolute Gasteiger partial charge is 0.410 e. The predicted molar refractivity (Wildman–Crippen MR) is 159 cm³/mol. The molecule has 2 N–H and O–H groups in total. The van der Waals surface area contributed by atoms with Gasteiger partial charge in [0, 0.05) is 36.8 Å². The molecule has 2 aromatic carbocycles. The summed E-state index contributed by atoms with van der Waals surface area (Å²) in [5, 5.41) is 10.6. The first kappa shape index (κ1) is 31.2. The van der Waals surface area contributed by atoms with Crippen molar-refractivity contribution < 1.29 is 27.9 Å². The maximum atomic E-state index is 13.4. The van der Waals surface area contributed by atoms with Gasteiger partial charge in [0.1, 0.15) is 10.8 Å². The Balaban J connectivity index is 1.54. The van der Waals surface area contributed by atoms with E-state index in [9.17, 15) is 23.1 Å². The number of hydrogen-bond donors (Lipinski definition) is 2. The number of aliphatic hydroxyl groups excluding tert-OH is 1. The lowest BCUT2D eigenvalue weighted by Crippen LogP contribution is -2.41. The summed E-state index contributed by atoms with van der Waals surface area (Å²) in [7, 11) is -4.21. The Hall–Kier alpha value is -3.74. The van der Waals surface area contributed by atoms with Gasteiger partial charge < -0.3 is 19.6 Å². The molecular formula is C29H34ClN5O6S. The Morgan fingerprint density at radius 2 is 1.62 bits per heavy atom. The number of nitrogens with zero attached hydrogens (tertiary/aromatic N) is 4. The Kier molecular flexibility index (Phi) is 9.09. The maximum absolute atomic E-state index is 13.4. The van der Waals surface area contributed by atoms with Gasteiger partial charge >= 0.3 is 6.09 Å². The fraction of sp³-hybridized carbons (Fsp3) is 0.379. The van der Waals surface area contributed by atoms with Gasteiger partial charge in [-0.15, -0.1) is 0 Å². The van der Waals surface area contributed by atoms with Crippen LogP contribution in [0.1, 0.15) is 42.3 Å². The number of halogens is 1. The number of ether oxygens (including phenoxy) is 1. The summed E-state index contributed by atoms with van der Waals surface area (Å²) in [5.41, 5.74) is 2.56. The molecule has 224 valence electrons. The lowest BCUT2D eigenvalue weighted by atomic mass is 10.00. The van der Waals surface area contributed by atoms with Crippen LogP contribution in [0.25, 0.3) is 11.3 Å². The molecule has 1 aliphatic rings. The van der Waals surface area contributed by atoms with Crippen LogP contribution in [-0.2, 0) is 14.8 Å². The highest BCUT2D eigenvalue weighted by Gasteiger charge is 2.30. The largest absolute Gasteiger partial charge is 0.444 e. The molecule has 1 aliphatic heterocycles. The Labute approximate surface area is 250 Å². The van der Waals surface area contributed by atoms with E-state index in [1.54, 1.807) is 26.8 Å². The highest BCUT2D eigenvalue weighted by molar-refractivity contribution is 7.92. The molecule has 2 amide bonds. The first-order chi connectivity index (χ1) is 19.6. The first-order valence-electron chi connectivity index (χ1n) is 13.3. The third-order valence-corrected chi connectivity index (χ3v) is 8.01. The molecule has 1 saturated heterocycles. The highest BCUT2D eigenvalue weighted by atomic mass is 35.5. The molecule has 2 heterocycles. The molecule has 0 unspecified atom stereocenters. The number of carbonyl (C=O) groups is 2. The Morgan fingerprint density at radius 1 is 1.00 bits per heavy atom. The van der Waals surface area contributed by atoms with E-state index in [0.29, 0.717) is 5.69 Å². The molecular weight excluding hydrogens is 582 g/mol. The normalized spacial score (nSPS) is 16.1. The van der Waals surface area contributed by atoms with Crippen molar-refractivity contribution in [1.29, 1.82) is 0 Å². The first-order valence-corrected chi connectivity index (χ1v) is 15.2. The van der Waals surface area contributed by atoms with E-state index in [2.05, 4.69) is 14.7 Å². The number of amides is 2. The quantitative estimate of drug-likeness (QED) is 0.405. The second kappa shape index (κ2) is 12.2. The molecule has 0 aliphatic carbocycles. The van der Waals surface area contributed by atoms with Crippen LogP contribution in [0.15, 0.2) is 53.4 Å². The summed E-state index contributed by atoms with van der Waals surface area (Å²) < 4.78 is 34.4. The molecule has 1 aromatic heterocycles. The molecule has 13 heteroatoms. The maximum Gasteiger partial charge on any atom is 0.410 e. The number of carbonyl (C=O) groups excluding carboxylic acids is 2. The number of anilines is 1. The van der Waals surface area contributed by atoms with Crippen LogP contribution in [0.5, 0.6) is 0 Å². The van der Waals surface area contributed by atoms with Gasteiger partial charge in [-0.3, -0.25) is 4.79 Å². The number of aromatic nitrogens is 2. The molecule has 0 radical (unpaired) electrons. The average molecular weight is 616 g/mol. The van der Waals surface area contributed by atoms with E-state index in [0.717, 1.165) is 16.7 Å². The van der Waals surface area contributed by atoms with E-state index < -0.39 is 33.7 Å². The number of β-amino-alcohol motifs (C(OH)–C–C–N with tert-alkyl or cyclic N) is 1. The van der Waals surface area contributed by atoms with Crippen molar-refractivity contribution in [3.8, 4) is 11.3 Å². The summed E-state index contributed by atoms with van der Waals surface area (Å²) in [5.74, 6) is -0.705. The van der Waals surface area contributed by atoms with Gasteiger partial charge in [-0.25, -0.2) is 27.9 Å². The standard InChI is InChI=1S/C29H34ClN5O6S/c1-18-8-6-9-19(2)25(18)23-15-24(30)32-27(31-23)33-42(39,40)22-11-7-10-20(14-22)26(37)34-12-13-35(17-21(36)16-34)28(38)41-29(3,4)5/h6-11,14-15,21,36H,12-13,16-17H2,1-5H3,(H,31,32,33)/t21-/m0/s1. The van der Waals surface area contributed by atoms with E-state index in [4.69, 9.17) is 16.3 Å². The van der Waals surface area contributed by atoms with Crippen LogP contribution in [-0.4, -0.2) is 83.2 Å². The summed E-state index contributed by atoms with van der Waals surface area (Å²) in [6.45, 7) is 9.31.